The molecule has 1 aromatic rings. The van der Waals surface area contributed by atoms with Gasteiger partial charge in [0.1, 0.15) is 6.04 Å². The lowest BCUT2D eigenvalue weighted by Crippen LogP contribution is -2.45. The summed E-state index contributed by atoms with van der Waals surface area (Å²) in [5, 5.41) is 6.29. The van der Waals surface area contributed by atoms with Crippen LogP contribution in [0.4, 0.5) is 0 Å². The van der Waals surface area contributed by atoms with Crippen molar-refractivity contribution in [2.75, 3.05) is 19.7 Å². The fourth-order valence-electron chi connectivity index (χ4n) is 3.75. The smallest absolute Gasteiger partial charge is 0.328 e. The molecule has 1 saturated carbocycles. The van der Waals surface area contributed by atoms with E-state index in [4.69, 9.17) is 4.74 Å². The van der Waals surface area contributed by atoms with Gasteiger partial charge in [-0.25, -0.2) is 4.79 Å². The number of benzene rings is 1. The van der Waals surface area contributed by atoms with Gasteiger partial charge in [-0.05, 0) is 50.3 Å². The molecule has 2 fully saturated rings. The van der Waals surface area contributed by atoms with Crippen molar-refractivity contribution in [2.45, 2.75) is 38.6 Å². The van der Waals surface area contributed by atoms with Crippen molar-refractivity contribution >= 4 is 24.3 Å². The van der Waals surface area contributed by atoms with Crippen molar-refractivity contribution in [3.8, 4) is 0 Å². The quantitative estimate of drug-likeness (QED) is 0.756. The lowest BCUT2D eigenvalue weighted by Gasteiger charge is -2.24. The van der Waals surface area contributed by atoms with E-state index in [2.05, 4.69) is 10.6 Å². The van der Waals surface area contributed by atoms with Crippen molar-refractivity contribution in [2.24, 2.45) is 11.3 Å². The first kappa shape index (κ1) is 19.7. The van der Waals surface area contributed by atoms with E-state index in [1.165, 1.54) is 0 Å². The second-order valence-electron chi connectivity index (χ2n) is 6.87. The average Bonchev–Trinajstić information content (AvgIpc) is 3.29. The van der Waals surface area contributed by atoms with E-state index < -0.39 is 6.04 Å². The van der Waals surface area contributed by atoms with Crippen LogP contribution in [0.15, 0.2) is 30.3 Å². The molecule has 0 bridgehead atoms. The Hall–Kier alpha value is -1.59. The first-order valence-corrected chi connectivity index (χ1v) is 8.86. The summed E-state index contributed by atoms with van der Waals surface area (Å²) < 4.78 is 5.15. The molecule has 0 aromatic heterocycles. The van der Waals surface area contributed by atoms with Crippen molar-refractivity contribution in [3.05, 3.63) is 35.9 Å². The van der Waals surface area contributed by atoms with Gasteiger partial charge in [0, 0.05) is 12.3 Å². The lowest BCUT2D eigenvalue weighted by atomic mass is 9.91. The Morgan fingerprint density at radius 2 is 1.96 bits per heavy atom. The molecule has 1 amide bonds. The Kier molecular flexibility index (Phi) is 6.85. The zero-order valence-corrected chi connectivity index (χ0v) is 15.4. The number of piperidine rings is 1. The van der Waals surface area contributed by atoms with Crippen molar-refractivity contribution in [1.29, 1.82) is 0 Å². The fourth-order valence-corrected chi connectivity index (χ4v) is 3.75. The van der Waals surface area contributed by atoms with Gasteiger partial charge in [-0.3, -0.25) is 4.79 Å². The van der Waals surface area contributed by atoms with E-state index >= 15 is 0 Å². The Labute approximate surface area is 155 Å². The Morgan fingerprint density at radius 3 is 2.60 bits per heavy atom. The molecule has 1 aromatic carbocycles. The summed E-state index contributed by atoms with van der Waals surface area (Å²) in [7, 11) is 0. The van der Waals surface area contributed by atoms with Gasteiger partial charge < -0.3 is 15.4 Å². The van der Waals surface area contributed by atoms with Crippen LogP contribution in [0.5, 0.6) is 0 Å². The molecule has 0 radical (unpaired) electrons. The molecule has 6 heteroatoms. The van der Waals surface area contributed by atoms with E-state index in [1.807, 2.05) is 30.3 Å². The predicted octanol–water partition coefficient (Wildman–Crippen LogP) is 2.09. The summed E-state index contributed by atoms with van der Waals surface area (Å²) in [5.41, 5.74) is 1.18. The van der Waals surface area contributed by atoms with E-state index in [0.717, 1.165) is 37.9 Å². The lowest BCUT2D eigenvalue weighted by molar-refractivity contribution is -0.147. The van der Waals surface area contributed by atoms with Crippen LogP contribution in [0.2, 0.25) is 0 Å². The summed E-state index contributed by atoms with van der Waals surface area (Å²) in [5.74, 6) is -0.298. The zero-order chi connectivity index (χ0) is 17.0. The van der Waals surface area contributed by atoms with E-state index in [9.17, 15) is 9.59 Å². The third-order valence-corrected chi connectivity index (χ3v) is 5.28. The van der Waals surface area contributed by atoms with Crippen LogP contribution in [-0.2, 0) is 20.7 Å². The number of hydrogen-bond acceptors (Lipinski definition) is 4. The monoisotopic (exact) mass is 366 g/mol. The number of amides is 1. The number of carbonyl (C=O) groups is 2. The highest BCUT2D eigenvalue weighted by molar-refractivity contribution is 5.88. The summed E-state index contributed by atoms with van der Waals surface area (Å²) in [6, 6.07) is 9.12. The van der Waals surface area contributed by atoms with Gasteiger partial charge in [0.05, 0.1) is 6.61 Å². The zero-order valence-electron chi connectivity index (χ0n) is 14.6. The molecule has 138 valence electrons. The molecule has 1 aliphatic heterocycles. The SMILES string of the molecule is CCOC(=O)C(Cc1ccccc1)NC(=O)C1CC12CCNCC2.Cl. The number of nitrogens with one attached hydrogen (secondary N) is 2. The maximum absolute atomic E-state index is 12.6. The van der Waals surface area contributed by atoms with E-state index in [0.29, 0.717) is 13.0 Å². The largest absolute Gasteiger partial charge is 0.464 e. The number of carbonyl (C=O) groups excluding carboxylic acids is 2. The van der Waals surface area contributed by atoms with E-state index in [-0.39, 0.29) is 35.6 Å². The molecular formula is C19H27ClN2O3. The normalized spacial score (nSPS) is 21.7. The Bertz CT molecular complexity index is 588. The summed E-state index contributed by atoms with van der Waals surface area (Å²) in [4.78, 5) is 24.9. The molecule has 2 atom stereocenters. The topological polar surface area (TPSA) is 67.4 Å². The van der Waals surface area contributed by atoms with Crippen LogP contribution in [0.1, 0.15) is 31.7 Å². The molecule has 1 aliphatic carbocycles. The van der Waals surface area contributed by atoms with Gasteiger partial charge >= 0.3 is 5.97 Å². The Morgan fingerprint density at radius 1 is 1.28 bits per heavy atom. The van der Waals surface area contributed by atoms with Crippen molar-refractivity contribution in [3.63, 3.8) is 0 Å². The molecule has 1 saturated heterocycles. The number of esters is 1. The molecule has 2 unspecified atom stereocenters. The molecule has 1 heterocycles. The molecule has 2 N–H and O–H groups in total. The second-order valence-corrected chi connectivity index (χ2v) is 6.87. The minimum absolute atomic E-state index is 0. The summed E-state index contributed by atoms with van der Waals surface area (Å²) >= 11 is 0. The fraction of sp³-hybridized carbons (Fsp3) is 0.579. The van der Waals surface area contributed by atoms with Gasteiger partial charge in [-0.15, -0.1) is 12.4 Å². The van der Waals surface area contributed by atoms with Crippen molar-refractivity contribution < 1.29 is 14.3 Å². The van der Waals surface area contributed by atoms with Crippen LogP contribution >= 0.6 is 12.4 Å². The molecule has 5 nitrogen and oxygen atoms in total. The van der Waals surface area contributed by atoms with Gasteiger partial charge in [-0.1, -0.05) is 30.3 Å². The highest BCUT2D eigenvalue weighted by atomic mass is 35.5. The molecular weight excluding hydrogens is 340 g/mol. The first-order chi connectivity index (χ1) is 11.6. The van der Waals surface area contributed by atoms with Gasteiger partial charge in [0.25, 0.3) is 0 Å². The Balaban J connectivity index is 0.00000225. The highest BCUT2D eigenvalue weighted by Gasteiger charge is 2.57. The predicted molar refractivity (Wildman–Crippen MR) is 98.6 cm³/mol. The minimum atomic E-state index is -0.612. The van der Waals surface area contributed by atoms with Crippen LogP contribution < -0.4 is 10.6 Å². The average molecular weight is 367 g/mol. The van der Waals surface area contributed by atoms with Crippen molar-refractivity contribution in [1.82, 2.24) is 10.6 Å². The second kappa shape index (κ2) is 8.68. The van der Waals surface area contributed by atoms with Crippen LogP contribution in [0.25, 0.3) is 0 Å². The number of halogens is 1. The maximum atomic E-state index is 12.6. The third-order valence-electron chi connectivity index (χ3n) is 5.28. The number of rotatable bonds is 6. The van der Waals surface area contributed by atoms with Crippen LogP contribution in [-0.4, -0.2) is 37.6 Å². The third kappa shape index (κ3) is 4.73. The number of ether oxygens (including phenoxy) is 1. The molecule has 2 aliphatic rings. The van der Waals surface area contributed by atoms with Gasteiger partial charge in [0.2, 0.25) is 5.91 Å². The molecule has 3 rings (SSSR count). The van der Waals surface area contributed by atoms with Crippen LogP contribution in [0.3, 0.4) is 0 Å². The van der Waals surface area contributed by atoms with Crippen LogP contribution in [0, 0.1) is 11.3 Å². The molecule has 1 spiro atoms. The standard InChI is InChI=1S/C19H26N2O3.ClH/c1-2-24-18(23)16(12-14-6-4-3-5-7-14)21-17(22)15-13-19(15)8-10-20-11-9-19;/h3-7,15-16,20H,2,8-13H2,1H3,(H,21,22);1H. The maximum Gasteiger partial charge on any atom is 0.328 e. The molecule has 25 heavy (non-hydrogen) atoms. The van der Waals surface area contributed by atoms with E-state index in [1.54, 1.807) is 6.92 Å². The van der Waals surface area contributed by atoms with Gasteiger partial charge in [-0.2, -0.15) is 0 Å². The minimum Gasteiger partial charge on any atom is -0.464 e. The summed E-state index contributed by atoms with van der Waals surface area (Å²) in [6.45, 7) is 4.06. The number of hydrogen-bond donors (Lipinski definition) is 2. The van der Waals surface area contributed by atoms with Gasteiger partial charge in [0.15, 0.2) is 0 Å². The highest BCUT2D eigenvalue weighted by Crippen LogP contribution is 2.58. The first-order valence-electron chi connectivity index (χ1n) is 8.86. The summed E-state index contributed by atoms with van der Waals surface area (Å²) in [6.07, 6.45) is 3.51.